The van der Waals surface area contributed by atoms with Crippen molar-refractivity contribution in [1.82, 2.24) is 9.97 Å². The van der Waals surface area contributed by atoms with Crippen molar-refractivity contribution in [2.45, 2.75) is 0 Å². The first-order valence-corrected chi connectivity index (χ1v) is 5.83. The Kier molecular flexibility index (Phi) is 4.09. The second kappa shape index (κ2) is 5.96. The minimum atomic E-state index is 0.127. The maximum absolute atomic E-state index is 5.61. The molecule has 1 aromatic carbocycles. The van der Waals surface area contributed by atoms with Crippen molar-refractivity contribution in [2.75, 3.05) is 32.4 Å². The fourth-order valence-electron chi connectivity index (χ4n) is 1.64. The summed E-state index contributed by atoms with van der Waals surface area (Å²) in [4.78, 5) is 8.00. The summed E-state index contributed by atoms with van der Waals surface area (Å²) in [6.45, 7) is 0. The number of methoxy groups -OCH3 is 3. The van der Waals surface area contributed by atoms with E-state index in [1.807, 2.05) is 12.1 Å². The maximum Gasteiger partial charge on any atom is 0.225 e. The first kappa shape index (κ1) is 13.7. The number of aromatic nitrogens is 2. The van der Waals surface area contributed by atoms with Gasteiger partial charge in [-0.15, -0.1) is 0 Å². The Morgan fingerprint density at radius 3 is 2.10 bits per heavy atom. The van der Waals surface area contributed by atoms with Gasteiger partial charge >= 0.3 is 0 Å². The Hall–Kier alpha value is -2.70. The Labute approximate surface area is 116 Å². The number of ether oxygens (including phenoxy) is 3. The number of hydrogen-bond donors (Lipinski definition) is 2. The van der Waals surface area contributed by atoms with E-state index in [4.69, 9.17) is 19.9 Å². The van der Waals surface area contributed by atoms with Crippen LogP contribution in [0.2, 0.25) is 0 Å². The van der Waals surface area contributed by atoms with Gasteiger partial charge in [0, 0.05) is 30.0 Å². The Morgan fingerprint density at radius 2 is 1.55 bits per heavy atom. The predicted molar refractivity (Wildman–Crippen MR) is 75.8 cm³/mol. The maximum atomic E-state index is 5.61. The van der Waals surface area contributed by atoms with E-state index in [1.165, 1.54) is 7.11 Å². The topological polar surface area (TPSA) is 91.5 Å². The summed E-state index contributed by atoms with van der Waals surface area (Å²) in [6, 6.07) is 7.04. The first-order chi connectivity index (χ1) is 9.64. The van der Waals surface area contributed by atoms with Gasteiger partial charge in [0.1, 0.15) is 17.3 Å². The van der Waals surface area contributed by atoms with Crippen LogP contribution < -0.4 is 25.3 Å². The average molecular weight is 276 g/mol. The van der Waals surface area contributed by atoms with Gasteiger partial charge in [0.2, 0.25) is 11.8 Å². The van der Waals surface area contributed by atoms with Crippen LogP contribution in [0.1, 0.15) is 0 Å². The zero-order valence-electron chi connectivity index (χ0n) is 11.5. The van der Waals surface area contributed by atoms with Gasteiger partial charge in [-0.25, -0.2) is 0 Å². The van der Waals surface area contributed by atoms with E-state index in [0.717, 1.165) is 5.69 Å². The zero-order valence-corrected chi connectivity index (χ0v) is 11.5. The van der Waals surface area contributed by atoms with Crippen LogP contribution in [0.4, 0.5) is 17.5 Å². The molecule has 106 valence electrons. The number of anilines is 3. The van der Waals surface area contributed by atoms with Crippen LogP contribution in [0, 0.1) is 0 Å². The molecule has 2 aromatic rings. The lowest BCUT2D eigenvalue weighted by atomic mass is 10.2. The van der Waals surface area contributed by atoms with Crippen LogP contribution in [-0.2, 0) is 0 Å². The van der Waals surface area contributed by atoms with Crippen molar-refractivity contribution in [2.24, 2.45) is 0 Å². The molecule has 2 rings (SSSR count). The van der Waals surface area contributed by atoms with Gasteiger partial charge in [-0.05, 0) is 0 Å². The van der Waals surface area contributed by atoms with Gasteiger partial charge in [-0.3, -0.25) is 0 Å². The van der Waals surface area contributed by atoms with Crippen molar-refractivity contribution >= 4 is 17.5 Å². The smallest absolute Gasteiger partial charge is 0.225 e. The third-order valence-electron chi connectivity index (χ3n) is 2.55. The Balaban J connectivity index is 2.31. The summed E-state index contributed by atoms with van der Waals surface area (Å²) in [6.07, 6.45) is 0. The van der Waals surface area contributed by atoms with Crippen LogP contribution in [0.3, 0.4) is 0 Å². The fourth-order valence-corrected chi connectivity index (χ4v) is 1.64. The lowest BCUT2D eigenvalue weighted by molar-refractivity contribution is 0.395. The molecule has 7 nitrogen and oxygen atoms in total. The highest BCUT2D eigenvalue weighted by atomic mass is 16.5. The molecular weight excluding hydrogens is 260 g/mol. The van der Waals surface area contributed by atoms with Crippen LogP contribution in [0.15, 0.2) is 24.3 Å². The number of nitrogens with one attached hydrogen (secondary N) is 1. The third kappa shape index (κ3) is 3.19. The largest absolute Gasteiger partial charge is 0.497 e. The van der Waals surface area contributed by atoms with E-state index in [1.54, 1.807) is 26.4 Å². The summed E-state index contributed by atoms with van der Waals surface area (Å²) in [5.41, 5.74) is 6.36. The van der Waals surface area contributed by atoms with Gasteiger partial charge in [-0.2, -0.15) is 9.97 Å². The van der Waals surface area contributed by atoms with Crippen LogP contribution >= 0.6 is 0 Å². The lowest BCUT2D eigenvalue weighted by Crippen LogP contribution is -2.02. The summed E-state index contributed by atoms with van der Waals surface area (Å²) < 4.78 is 15.4. The molecule has 0 aliphatic rings. The van der Waals surface area contributed by atoms with Gasteiger partial charge in [0.15, 0.2) is 0 Å². The number of nitrogens with two attached hydrogens (primary N) is 1. The second-order valence-electron chi connectivity index (χ2n) is 3.88. The molecule has 0 unspecified atom stereocenters. The molecule has 0 aliphatic carbocycles. The second-order valence-corrected chi connectivity index (χ2v) is 3.88. The Morgan fingerprint density at radius 1 is 0.900 bits per heavy atom. The highest BCUT2D eigenvalue weighted by Crippen LogP contribution is 2.28. The standard InChI is InChI=1S/C13H16N4O3/c1-18-9-4-8(5-10(6-9)19-2)15-11-7-12(20-3)17-13(14)16-11/h4-7H,1-3H3,(H3,14,15,16,17). The van der Waals surface area contributed by atoms with Gasteiger partial charge in [0.05, 0.1) is 21.3 Å². The van der Waals surface area contributed by atoms with Gasteiger partial charge < -0.3 is 25.3 Å². The van der Waals surface area contributed by atoms with Crippen molar-refractivity contribution in [3.8, 4) is 17.4 Å². The van der Waals surface area contributed by atoms with E-state index in [9.17, 15) is 0 Å². The first-order valence-electron chi connectivity index (χ1n) is 5.83. The fraction of sp³-hybridized carbons (Fsp3) is 0.231. The van der Waals surface area contributed by atoms with E-state index in [0.29, 0.717) is 23.2 Å². The van der Waals surface area contributed by atoms with Crippen LogP contribution in [0.25, 0.3) is 0 Å². The molecule has 0 bridgehead atoms. The lowest BCUT2D eigenvalue weighted by Gasteiger charge is -2.11. The summed E-state index contributed by atoms with van der Waals surface area (Å²) >= 11 is 0. The molecule has 1 aromatic heterocycles. The normalized spacial score (nSPS) is 9.95. The molecule has 3 N–H and O–H groups in total. The highest BCUT2D eigenvalue weighted by Gasteiger charge is 2.06. The molecule has 0 amide bonds. The minimum absolute atomic E-state index is 0.127. The van der Waals surface area contributed by atoms with Crippen LogP contribution in [0.5, 0.6) is 17.4 Å². The van der Waals surface area contributed by atoms with E-state index in [2.05, 4.69) is 15.3 Å². The molecular formula is C13H16N4O3. The number of hydrogen-bond acceptors (Lipinski definition) is 7. The van der Waals surface area contributed by atoms with Crippen molar-refractivity contribution in [3.63, 3.8) is 0 Å². The summed E-state index contributed by atoms with van der Waals surface area (Å²) in [5, 5.41) is 3.10. The molecule has 0 radical (unpaired) electrons. The number of nitrogens with zero attached hydrogens (tertiary/aromatic N) is 2. The molecule has 0 atom stereocenters. The van der Waals surface area contributed by atoms with Crippen molar-refractivity contribution in [1.29, 1.82) is 0 Å². The van der Waals surface area contributed by atoms with Gasteiger partial charge in [-0.1, -0.05) is 0 Å². The van der Waals surface area contributed by atoms with Crippen LogP contribution in [-0.4, -0.2) is 31.3 Å². The van der Waals surface area contributed by atoms with Crippen molar-refractivity contribution < 1.29 is 14.2 Å². The van der Waals surface area contributed by atoms with Gasteiger partial charge in [0.25, 0.3) is 0 Å². The molecule has 0 spiro atoms. The monoisotopic (exact) mass is 276 g/mol. The number of benzene rings is 1. The predicted octanol–water partition coefficient (Wildman–Crippen LogP) is 1.83. The summed E-state index contributed by atoms with van der Waals surface area (Å²) in [7, 11) is 4.69. The van der Waals surface area contributed by atoms with E-state index < -0.39 is 0 Å². The Bertz CT molecular complexity index is 582. The quantitative estimate of drug-likeness (QED) is 0.860. The molecule has 0 saturated carbocycles. The van der Waals surface area contributed by atoms with Crippen molar-refractivity contribution in [3.05, 3.63) is 24.3 Å². The van der Waals surface area contributed by atoms with E-state index in [-0.39, 0.29) is 5.95 Å². The number of rotatable bonds is 5. The molecule has 20 heavy (non-hydrogen) atoms. The SMILES string of the molecule is COc1cc(Nc2cc(OC)nc(N)n2)cc(OC)c1. The molecule has 7 heteroatoms. The minimum Gasteiger partial charge on any atom is -0.497 e. The summed E-state index contributed by atoms with van der Waals surface area (Å²) in [5.74, 6) is 2.36. The molecule has 1 heterocycles. The molecule has 0 aliphatic heterocycles. The number of nitrogen functional groups attached to an aromatic ring is 1. The highest BCUT2D eigenvalue weighted by molar-refractivity contribution is 5.62. The zero-order chi connectivity index (χ0) is 14.5. The van der Waals surface area contributed by atoms with E-state index >= 15 is 0 Å². The molecule has 0 saturated heterocycles. The third-order valence-corrected chi connectivity index (χ3v) is 2.55. The average Bonchev–Trinajstić information content (AvgIpc) is 2.46. The molecule has 0 fully saturated rings.